The maximum absolute atomic E-state index is 12.6. The van der Waals surface area contributed by atoms with E-state index in [1.54, 1.807) is 17.0 Å². The van der Waals surface area contributed by atoms with Crippen LogP contribution in [0.2, 0.25) is 0 Å². The van der Waals surface area contributed by atoms with Crippen molar-refractivity contribution in [2.24, 2.45) is 5.92 Å². The average molecular weight is 360 g/mol. The number of rotatable bonds is 8. The second kappa shape index (κ2) is 9.94. The normalized spacial score (nSPS) is 18.2. The predicted octanol–water partition coefficient (Wildman–Crippen LogP) is 2.69. The van der Waals surface area contributed by atoms with Gasteiger partial charge in [0.05, 0.1) is 5.92 Å². The minimum Gasteiger partial charge on any atom is -0.480 e. The smallest absolute Gasteiger partial charge is 0.326 e. The molecule has 6 nitrogen and oxygen atoms in total. The van der Waals surface area contributed by atoms with Crippen molar-refractivity contribution in [2.45, 2.75) is 51.5 Å². The number of carboxylic acid groups (broad SMARTS) is 1. The average Bonchev–Trinajstić information content (AvgIpc) is 2.67. The fourth-order valence-corrected chi connectivity index (χ4v) is 3.28. The lowest BCUT2D eigenvalue weighted by Gasteiger charge is -2.32. The lowest BCUT2D eigenvalue weighted by molar-refractivity contribution is -0.143. The lowest BCUT2D eigenvalue weighted by Crippen LogP contribution is -2.49. The molecule has 0 aliphatic carbocycles. The summed E-state index contributed by atoms with van der Waals surface area (Å²) in [6, 6.07) is 8.16. The molecule has 0 radical (unpaired) electrons. The van der Waals surface area contributed by atoms with E-state index >= 15 is 0 Å². The minimum atomic E-state index is -0.998. The predicted molar refractivity (Wildman–Crippen MR) is 98.8 cm³/mol. The number of benzene rings is 1. The number of piperidine rings is 1. The summed E-state index contributed by atoms with van der Waals surface area (Å²) in [6.07, 6.45) is 4.57. The molecule has 142 valence electrons. The van der Waals surface area contributed by atoms with E-state index in [0.717, 1.165) is 25.7 Å². The van der Waals surface area contributed by atoms with E-state index in [-0.39, 0.29) is 17.7 Å². The monoisotopic (exact) mass is 360 g/mol. The van der Waals surface area contributed by atoms with E-state index in [4.69, 9.17) is 0 Å². The van der Waals surface area contributed by atoms with Gasteiger partial charge in [-0.25, -0.2) is 4.79 Å². The molecule has 1 aliphatic heterocycles. The van der Waals surface area contributed by atoms with E-state index in [9.17, 15) is 19.5 Å². The summed E-state index contributed by atoms with van der Waals surface area (Å²) in [7, 11) is 0. The molecule has 1 aromatic rings. The van der Waals surface area contributed by atoms with E-state index in [2.05, 4.69) is 12.2 Å². The topological polar surface area (TPSA) is 86.7 Å². The first-order valence-electron chi connectivity index (χ1n) is 9.40. The molecule has 0 bridgehead atoms. The molecule has 1 aliphatic rings. The fraction of sp³-hybridized carbons (Fsp3) is 0.550. The largest absolute Gasteiger partial charge is 0.480 e. The van der Waals surface area contributed by atoms with Crippen LogP contribution in [-0.4, -0.2) is 46.9 Å². The van der Waals surface area contributed by atoms with Gasteiger partial charge in [0, 0.05) is 18.7 Å². The van der Waals surface area contributed by atoms with Crippen LogP contribution >= 0.6 is 0 Å². The molecular weight excluding hydrogens is 332 g/mol. The van der Waals surface area contributed by atoms with Crippen LogP contribution < -0.4 is 5.32 Å². The zero-order valence-corrected chi connectivity index (χ0v) is 15.3. The fourth-order valence-electron chi connectivity index (χ4n) is 3.28. The molecule has 2 rings (SSSR count). The zero-order valence-electron chi connectivity index (χ0n) is 15.3. The SMILES string of the molecule is CCCCC[C@@H](NC(=O)[C@H]1CCCN(C(=O)c2ccccc2)C1)C(=O)O. The number of hydrogen-bond acceptors (Lipinski definition) is 3. The summed E-state index contributed by atoms with van der Waals surface area (Å²) in [6.45, 7) is 3.01. The second-order valence-electron chi connectivity index (χ2n) is 6.85. The highest BCUT2D eigenvalue weighted by Gasteiger charge is 2.31. The Balaban J connectivity index is 1.94. The molecule has 1 fully saturated rings. The Bertz CT molecular complexity index is 617. The van der Waals surface area contributed by atoms with Crippen molar-refractivity contribution in [3.8, 4) is 0 Å². The number of nitrogens with one attached hydrogen (secondary N) is 1. The zero-order chi connectivity index (χ0) is 18.9. The number of unbranched alkanes of at least 4 members (excludes halogenated alkanes) is 2. The van der Waals surface area contributed by atoms with Crippen molar-refractivity contribution in [3.05, 3.63) is 35.9 Å². The van der Waals surface area contributed by atoms with Gasteiger partial charge in [0.15, 0.2) is 0 Å². The van der Waals surface area contributed by atoms with E-state index in [0.29, 0.717) is 31.5 Å². The molecule has 0 unspecified atom stereocenters. The molecule has 1 saturated heterocycles. The first-order valence-corrected chi connectivity index (χ1v) is 9.40. The Morgan fingerprint density at radius 2 is 1.96 bits per heavy atom. The lowest BCUT2D eigenvalue weighted by atomic mass is 9.95. The molecule has 1 aromatic carbocycles. The first kappa shape index (κ1) is 19.9. The number of likely N-dealkylation sites (tertiary alicyclic amines) is 1. The van der Waals surface area contributed by atoms with Crippen molar-refractivity contribution in [1.29, 1.82) is 0 Å². The van der Waals surface area contributed by atoms with Gasteiger partial charge in [-0.1, -0.05) is 44.4 Å². The van der Waals surface area contributed by atoms with Gasteiger partial charge in [0.1, 0.15) is 6.04 Å². The minimum absolute atomic E-state index is 0.0826. The molecule has 0 saturated carbocycles. The van der Waals surface area contributed by atoms with Gasteiger partial charge < -0.3 is 15.3 Å². The van der Waals surface area contributed by atoms with Crippen molar-refractivity contribution < 1.29 is 19.5 Å². The molecule has 2 atom stereocenters. The number of amides is 2. The molecule has 1 heterocycles. The highest BCUT2D eigenvalue weighted by atomic mass is 16.4. The van der Waals surface area contributed by atoms with Crippen molar-refractivity contribution in [1.82, 2.24) is 10.2 Å². The second-order valence-corrected chi connectivity index (χ2v) is 6.85. The molecule has 26 heavy (non-hydrogen) atoms. The number of carbonyl (C=O) groups is 3. The van der Waals surface area contributed by atoms with Crippen LogP contribution in [0.1, 0.15) is 55.8 Å². The van der Waals surface area contributed by atoms with Gasteiger partial charge in [-0.15, -0.1) is 0 Å². The van der Waals surface area contributed by atoms with E-state index in [1.807, 2.05) is 18.2 Å². The molecule has 2 N–H and O–H groups in total. The molecule has 0 aromatic heterocycles. The Morgan fingerprint density at radius 1 is 1.23 bits per heavy atom. The highest BCUT2D eigenvalue weighted by Crippen LogP contribution is 2.19. The van der Waals surface area contributed by atoms with Gasteiger partial charge >= 0.3 is 5.97 Å². The van der Waals surface area contributed by atoms with Crippen LogP contribution in [0.4, 0.5) is 0 Å². The van der Waals surface area contributed by atoms with Crippen LogP contribution in [0.3, 0.4) is 0 Å². The maximum Gasteiger partial charge on any atom is 0.326 e. The van der Waals surface area contributed by atoms with Gasteiger partial charge in [-0.2, -0.15) is 0 Å². The standard InChI is InChI=1S/C20H28N2O4/c1-2-3-5-12-17(20(25)26)21-18(23)16-11-8-13-22(14-16)19(24)15-9-6-4-7-10-15/h4,6-7,9-10,16-17H,2-3,5,8,11-14H2,1H3,(H,21,23)(H,25,26)/t16-,17+/m0/s1. The quantitative estimate of drug-likeness (QED) is 0.698. The number of carbonyl (C=O) groups excluding carboxylic acids is 2. The van der Waals surface area contributed by atoms with Crippen molar-refractivity contribution in [3.63, 3.8) is 0 Å². The Kier molecular flexibility index (Phi) is 7.63. The molecule has 0 spiro atoms. The third kappa shape index (κ3) is 5.58. The Morgan fingerprint density at radius 3 is 2.62 bits per heavy atom. The van der Waals surface area contributed by atoms with Crippen LogP contribution in [0.5, 0.6) is 0 Å². The summed E-state index contributed by atoms with van der Waals surface area (Å²) in [5, 5.41) is 12.0. The number of carboxylic acids is 1. The van der Waals surface area contributed by atoms with Crippen LogP contribution in [-0.2, 0) is 9.59 Å². The number of aliphatic carboxylic acids is 1. The Hall–Kier alpha value is -2.37. The summed E-state index contributed by atoms with van der Waals surface area (Å²) in [5.74, 6) is -1.70. The third-order valence-corrected chi connectivity index (χ3v) is 4.81. The summed E-state index contributed by atoms with van der Waals surface area (Å²) >= 11 is 0. The van der Waals surface area contributed by atoms with Crippen molar-refractivity contribution in [2.75, 3.05) is 13.1 Å². The first-order chi connectivity index (χ1) is 12.5. The number of nitrogens with zero attached hydrogens (tertiary/aromatic N) is 1. The highest BCUT2D eigenvalue weighted by molar-refractivity contribution is 5.94. The maximum atomic E-state index is 12.6. The van der Waals surface area contributed by atoms with Gasteiger partial charge in [0.2, 0.25) is 5.91 Å². The van der Waals surface area contributed by atoms with Gasteiger partial charge in [-0.05, 0) is 31.4 Å². The van der Waals surface area contributed by atoms with Crippen LogP contribution in [0.15, 0.2) is 30.3 Å². The van der Waals surface area contributed by atoms with Gasteiger partial charge in [0.25, 0.3) is 5.91 Å². The summed E-state index contributed by atoms with van der Waals surface area (Å²) < 4.78 is 0. The van der Waals surface area contributed by atoms with Crippen LogP contribution in [0.25, 0.3) is 0 Å². The molecule has 2 amide bonds. The summed E-state index contributed by atoms with van der Waals surface area (Å²) in [5.41, 5.74) is 0.608. The summed E-state index contributed by atoms with van der Waals surface area (Å²) in [4.78, 5) is 38.2. The van der Waals surface area contributed by atoms with Gasteiger partial charge in [-0.3, -0.25) is 9.59 Å². The van der Waals surface area contributed by atoms with E-state index in [1.165, 1.54) is 0 Å². The molecular formula is C20H28N2O4. The molecule has 6 heteroatoms. The Labute approximate surface area is 154 Å². The van der Waals surface area contributed by atoms with E-state index < -0.39 is 12.0 Å². The van der Waals surface area contributed by atoms with Crippen molar-refractivity contribution >= 4 is 17.8 Å². The number of hydrogen-bond donors (Lipinski definition) is 2. The third-order valence-electron chi connectivity index (χ3n) is 4.81. The van der Waals surface area contributed by atoms with Crippen LogP contribution in [0, 0.1) is 5.92 Å².